The number of anilines is 1. The zero-order chi connectivity index (χ0) is 15.6. The fourth-order valence-electron chi connectivity index (χ4n) is 2.23. The first-order valence-corrected chi connectivity index (χ1v) is 8.12. The van der Waals surface area contributed by atoms with Crippen LogP contribution in [0.4, 0.5) is 5.69 Å². The minimum atomic E-state index is -3.77. The maximum Gasteiger partial charge on any atom is 0.245 e. The lowest BCUT2D eigenvalue weighted by Gasteiger charge is -2.32. The second-order valence-corrected chi connectivity index (χ2v) is 6.80. The molecule has 21 heavy (non-hydrogen) atoms. The molecular formula is C13H17N3O4S. The molecule has 1 fully saturated rings. The number of carbonyl (C=O) groups excluding carboxylic acids is 2. The van der Waals surface area contributed by atoms with Crippen LogP contribution in [0.5, 0.6) is 0 Å². The fourth-order valence-corrected chi connectivity index (χ4v) is 3.96. The van der Waals surface area contributed by atoms with Gasteiger partial charge in [0.05, 0.1) is 12.3 Å². The Morgan fingerprint density at radius 3 is 2.48 bits per heavy atom. The van der Waals surface area contributed by atoms with Crippen LogP contribution in [0.15, 0.2) is 24.3 Å². The summed E-state index contributed by atoms with van der Waals surface area (Å²) in [6.45, 7) is 1.37. The Kier molecular flexibility index (Phi) is 4.29. The van der Waals surface area contributed by atoms with E-state index in [4.69, 9.17) is 5.73 Å². The minimum Gasteiger partial charge on any atom is -0.399 e. The van der Waals surface area contributed by atoms with Crippen LogP contribution in [-0.4, -0.2) is 37.1 Å². The SMILES string of the molecule is CCC1C(=O)NC(=O)CN1S(=O)(=O)Cc1ccc(N)cc1. The number of piperazine rings is 1. The zero-order valence-electron chi connectivity index (χ0n) is 11.6. The van der Waals surface area contributed by atoms with Crippen molar-refractivity contribution in [2.45, 2.75) is 25.1 Å². The maximum atomic E-state index is 12.5. The predicted molar refractivity (Wildman–Crippen MR) is 77.4 cm³/mol. The summed E-state index contributed by atoms with van der Waals surface area (Å²) in [6.07, 6.45) is 0.306. The summed E-state index contributed by atoms with van der Waals surface area (Å²) < 4.78 is 25.9. The van der Waals surface area contributed by atoms with E-state index in [-0.39, 0.29) is 12.3 Å². The smallest absolute Gasteiger partial charge is 0.245 e. The molecule has 1 aromatic rings. The number of nitrogens with one attached hydrogen (secondary N) is 1. The maximum absolute atomic E-state index is 12.5. The van der Waals surface area contributed by atoms with E-state index >= 15 is 0 Å². The fraction of sp³-hybridized carbons (Fsp3) is 0.385. The molecule has 0 radical (unpaired) electrons. The molecule has 0 aromatic heterocycles. The van der Waals surface area contributed by atoms with Gasteiger partial charge in [-0.3, -0.25) is 14.9 Å². The van der Waals surface area contributed by atoms with E-state index in [2.05, 4.69) is 5.32 Å². The number of hydrogen-bond donors (Lipinski definition) is 2. The molecule has 114 valence electrons. The van der Waals surface area contributed by atoms with Gasteiger partial charge in [-0.15, -0.1) is 0 Å². The molecule has 1 aliphatic heterocycles. The monoisotopic (exact) mass is 311 g/mol. The van der Waals surface area contributed by atoms with E-state index in [1.54, 1.807) is 31.2 Å². The number of amides is 2. The molecular weight excluding hydrogens is 294 g/mol. The normalized spacial score (nSPS) is 20.3. The van der Waals surface area contributed by atoms with Crippen LogP contribution in [0.25, 0.3) is 0 Å². The molecule has 1 atom stereocenters. The molecule has 1 saturated heterocycles. The van der Waals surface area contributed by atoms with Crippen molar-refractivity contribution in [1.29, 1.82) is 0 Å². The molecule has 7 nitrogen and oxygen atoms in total. The van der Waals surface area contributed by atoms with Crippen LogP contribution in [0, 0.1) is 0 Å². The molecule has 1 unspecified atom stereocenters. The molecule has 0 bridgehead atoms. The van der Waals surface area contributed by atoms with E-state index in [9.17, 15) is 18.0 Å². The first-order valence-electron chi connectivity index (χ1n) is 6.51. The minimum absolute atomic E-state index is 0.273. The topological polar surface area (TPSA) is 110 Å². The standard InChI is InChI=1S/C13H17N3O4S/c1-2-11-13(18)15-12(17)7-16(11)21(19,20)8-9-3-5-10(14)6-4-9/h3-6,11H,2,7-8,14H2,1H3,(H,15,17,18). The highest BCUT2D eigenvalue weighted by molar-refractivity contribution is 7.88. The van der Waals surface area contributed by atoms with E-state index in [0.29, 0.717) is 17.7 Å². The molecule has 1 aromatic carbocycles. The lowest BCUT2D eigenvalue weighted by Crippen LogP contribution is -2.59. The van der Waals surface area contributed by atoms with Crippen LogP contribution in [0.1, 0.15) is 18.9 Å². The Morgan fingerprint density at radius 2 is 1.90 bits per heavy atom. The predicted octanol–water partition coefficient (Wildman–Crippen LogP) is -0.164. The second kappa shape index (κ2) is 5.82. The highest BCUT2D eigenvalue weighted by atomic mass is 32.2. The molecule has 2 rings (SSSR count). The summed E-state index contributed by atoms with van der Waals surface area (Å²) in [5, 5.41) is 2.15. The molecule has 3 N–H and O–H groups in total. The van der Waals surface area contributed by atoms with Crippen molar-refractivity contribution in [3.63, 3.8) is 0 Å². The van der Waals surface area contributed by atoms with Crippen molar-refractivity contribution >= 4 is 27.5 Å². The summed E-state index contributed by atoms with van der Waals surface area (Å²) in [5.74, 6) is -1.45. The third-order valence-electron chi connectivity index (χ3n) is 3.29. The number of nitrogens with two attached hydrogens (primary N) is 1. The first kappa shape index (κ1) is 15.5. The molecule has 8 heteroatoms. The Hall–Kier alpha value is -1.93. The van der Waals surface area contributed by atoms with Gasteiger partial charge in [0.15, 0.2) is 0 Å². The summed E-state index contributed by atoms with van der Waals surface area (Å²) in [7, 11) is -3.77. The third-order valence-corrected chi connectivity index (χ3v) is 5.08. The van der Waals surface area contributed by atoms with E-state index in [1.807, 2.05) is 0 Å². The Bertz CT molecular complexity index is 654. The van der Waals surface area contributed by atoms with Crippen LogP contribution >= 0.6 is 0 Å². The van der Waals surface area contributed by atoms with E-state index in [1.165, 1.54) is 0 Å². The van der Waals surface area contributed by atoms with E-state index < -0.39 is 27.9 Å². The van der Waals surface area contributed by atoms with Gasteiger partial charge in [-0.25, -0.2) is 8.42 Å². The first-order chi connectivity index (χ1) is 9.83. The van der Waals surface area contributed by atoms with Crippen molar-refractivity contribution in [2.75, 3.05) is 12.3 Å². The van der Waals surface area contributed by atoms with Crippen molar-refractivity contribution < 1.29 is 18.0 Å². The van der Waals surface area contributed by atoms with Crippen molar-refractivity contribution in [1.82, 2.24) is 9.62 Å². The van der Waals surface area contributed by atoms with Gasteiger partial charge in [0.25, 0.3) is 0 Å². The molecule has 0 spiro atoms. The third kappa shape index (κ3) is 3.40. The van der Waals surface area contributed by atoms with Gasteiger partial charge < -0.3 is 5.73 Å². The quantitative estimate of drug-likeness (QED) is 0.593. The molecule has 1 aliphatic rings. The Morgan fingerprint density at radius 1 is 1.29 bits per heavy atom. The average molecular weight is 311 g/mol. The highest BCUT2D eigenvalue weighted by Crippen LogP contribution is 2.19. The number of nitrogen functional groups attached to an aromatic ring is 1. The van der Waals surface area contributed by atoms with Crippen LogP contribution in [0.2, 0.25) is 0 Å². The summed E-state index contributed by atoms with van der Waals surface area (Å²) in [6, 6.07) is 5.59. The summed E-state index contributed by atoms with van der Waals surface area (Å²) in [5.41, 5.74) is 6.65. The lowest BCUT2D eigenvalue weighted by molar-refractivity contribution is -0.137. The van der Waals surface area contributed by atoms with Gasteiger partial charge in [0.2, 0.25) is 21.8 Å². The van der Waals surface area contributed by atoms with Crippen LogP contribution in [-0.2, 0) is 25.4 Å². The number of rotatable bonds is 4. The van der Waals surface area contributed by atoms with Crippen molar-refractivity contribution in [3.05, 3.63) is 29.8 Å². The molecule has 2 amide bonds. The Labute approximate surface area is 123 Å². The Balaban J connectivity index is 2.26. The number of sulfonamides is 1. The summed E-state index contributed by atoms with van der Waals surface area (Å²) in [4.78, 5) is 23.2. The average Bonchev–Trinajstić information content (AvgIpc) is 2.40. The van der Waals surface area contributed by atoms with Crippen LogP contribution < -0.4 is 11.1 Å². The van der Waals surface area contributed by atoms with Gasteiger partial charge in [-0.1, -0.05) is 19.1 Å². The largest absolute Gasteiger partial charge is 0.399 e. The molecule has 1 heterocycles. The van der Waals surface area contributed by atoms with E-state index in [0.717, 1.165) is 4.31 Å². The number of carbonyl (C=O) groups is 2. The van der Waals surface area contributed by atoms with Gasteiger partial charge in [-0.05, 0) is 24.1 Å². The van der Waals surface area contributed by atoms with Crippen LogP contribution in [0.3, 0.4) is 0 Å². The molecule has 0 aliphatic carbocycles. The number of benzene rings is 1. The number of nitrogens with zero attached hydrogens (tertiary/aromatic N) is 1. The molecule has 0 saturated carbocycles. The second-order valence-electron chi connectivity index (χ2n) is 4.88. The van der Waals surface area contributed by atoms with Crippen molar-refractivity contribution in [3.8, 4) is 0 Å². The van der Waals surface area contributed by atoms with Gasteiger partial charge >= 0.3 is 0 Å². The number of imide groups is 1. The summed E-state index contributed by atoms with van der Waals surface area (Å²) >= 11 is 0. The van der Waals surface area contributed by atoms with Crippen molar-refractivity contribution in [2.24, 2.45) is 0 Å². The van der Waals surface area contributed by atoms with Gasteiger partial charge in [0, 0.05) is 5.69 Å². The zero-order valence-corrected chi connectivity index (χ0v) is 12.4. The lowest BCUT2D eigenvalue weighted by atomic mass is 10.2. The van der Waals surface area contributed by atoms with Gasteiger partial charge in [0.1, 0.15) is 6.04 Å². The highest BCUT2D eigenvalue weighted by Gasteiger charge is 2.39. The van der Waals surface area contributed by atoms with Gasteiger partial charge in [-0.2, -0.15) is 4.31 Å². The number of hydrogen-bond acceptors (Lipinski definition) is 5.